The summed E-state index contributed by atoms with van der Waals surface area (Å²) in [7, 11) is 0. The SMILES string of the molecule is CC(C)(C)CCCOCCN1CCN(CCCCCOCC(C)(C)C)CC1. The van der Waals surface area contributed by atoms with Crippen LogP contribution in [0, 0.1) is 10.8 Å². The van der Waals surface area contributed by atoms with Crippen molar-refractivity contribution >= 4 is 0 Å². The molecule has 4 heteroatoms. The highest BCUT2D eigenvalue weighted by Gasteiger charge is 2.16. The first kappa shape index (κ1) is 24.9. The van der Waals surface area contributed by atoms with Gasteiger partial charge in [0.15, 0.2) is 0 Å². The van der Waals surface area contributed by atoms with Crippen LogP contribution in [0.4, 0.5) is 0 Å². The van der Waals surface area contributed by atoms with E-state index in [2.05, 4.69) is 51.3 Å². The Kier molecular flexibility index (Phi) is 12.1. The van der Waals surface area contributed by atoms with E-state index in [-0.39, 0.29) is 5.41 Å². The van der Waals surface area contributed by atoms with Gasteiger partial charge in [0.25, 0.3) is 0 Å². The molecule has 1 aliphatic rings. The lowest BCUT2D eigenvalue weighted by Crippen LogP contribution is -2.47. The van der Waals surface area contributed by atoms with Crippen LogP contribution in [-0.2, 0) is 9.47 Å². The largest absolute Gasteiger partial charge is 0.381 e. The van der Waals surface area contributed by atoms with Crippen molar-refractivity contribution in [2.24, 2.45) is 10.8 Å². The molecule has 0 unspecified atom stereocenters. The molecule has 0 radical (unpaired) electrons. The number of unbranched alkanes of at least 4 members (excludes halogenated alkanes) is 2. The smallest absolute Gasteiger partial charge is 0.0593 e. The Hall–Kier alpha value is -0.160. The molecule has 162 valence electrons. The molecule has 1 saturated heterocycles. The zero-order valence-corrected chi connectivity index (χ0v) is 19.3. The van der Waals surface area contributed by atoms with Gasteiger partial charge < -0.3 is 14.4 Å². The van der Waals surface area contributed by atoms with Crippen LogP contribution in [0.5, 0.6) is 0 Å². The zero-order chi connectivity index (χ0) is 20.2. The Morgan fingerprint density at radius 3 is 1.78 bits per heavy atom. The highest BCUT2D eigenvalue weighted by Crippen LogP contribution is 2.20. The van der Waals surface area contributed by atoms with E-state index in [4.69, 9.17) is 9.47 Å². The summed E-state index contributed by atoms with van der Waals surface area (Å²) >= 11 is 0. The second-order valence-electron chi connectivity index (χ2n) is 10.6. The lowest BCUT2D eigenvalue weighted by atomic mass is 9.91. The first-order valence-electron chi connectivity index (χ1n) is 11.3. The maximum absolute atomic E-state index is 5.82. The minimum absolute atomic E-state index is 0.289. The number of ether oxygens (including phenoxy) is 2. The van der Waals surface area contributed by atoms with E-state index in [1.807, 2.05) is 0 Å². The van der Waals surface area contributed by atoms with E-state index in [1.54, 1.807) is 0 Å². The third kappa shape index (κ3) is 15.4. The first-order chi connectivity index (χ1) is 12.7. The van der Waals surface area contributed by atoms with Crippen molar-refractivity contribution in [1.29, 1.82) is 0 Å². The standard InChI is InChI=1S/C23H48N2O2/c1-22(2,3)11-10-19-26-20-17-25-15-13-24(14-16-25)12-8-7-9-18-27-21-23(4,5)6/h7-21H2,1-6H3. The van der Waals surface area contributed by atoms with Gasteiger partial charge in [0.05, 0.1) is 13.2 Å². The van der Waals surface area contributed by atoms with Crippen LogP contribution in [0.3, 0.4) is 0 Å². The van der Waals surface area contributed by atoms with Crippen molar-refractivity contribution in [3.63, 3.8) is 0 Å². The van der Waals surface area contributed by atoms with Crippen molar-refractivity contribution in [2.45, 2.75) is 73.6 Å². The summed E-state index contributed by atoms with van der Waals surface area (Å²) in [6.07, 6.45) is 6.21. The molecule has 1 rings (SSSR count). The third-order valence-corrected chi connectivity index (χ3v) is 5.03. The van der Waals surface area contributed by atoms with Crippen LogP contribution in [-0.4, -0.2) is 75.5 Å². The summed E-state index contributed by atoms with van der Waals surface area (Å²) in [6.45, 7) is 24.3. The van der Waals surface area contributed by atoms with Gasteiger partial charge in [-0.15, -0.1) is 0 Å². The fourth-order valence-corrected chi connectivity index (χ4v) is 3.33. The molecule has 27 heavy (non-hydrogen) atoms. The third-order valence-electron chi connectivity index (χ3n) is 5.03. The Morgan fingerprint density at radius 1 is 0.593 bits per heavy atom. The number of nitrogens with zero attached hydrogens (tertiary/aromatic N) is 2. The molecule has 0 aromatic heterocycles. The minimum atomic E-state index is 0.289. The van der Waals surface area contributed by atoms with E-state index < -0.39 is 0 Å². The van der Waals surface area contributed by atoms with Crippen LogP contribution in [0.2, 0.25) is 0 Å². The number of rotatable bonds is 13. The maximum Gasteiger partial charge on any atom is 0.0593 e. The predicted molar refractivity (Wildman–Crippen MR) is 117 cm³/mol. The predicted octanol–water partition coefficient (Wildman–Crippen LogP) is 4.68. The highest BCUT2D eigenvalue weighted by molar-refractivity contribution is 4.71. The van der Waals surface area contributed by atoms with Crippen LogP contribution >= 0.6 is 0 Å². The number of hydrogen-bond acceptors (Lipinski definition) is 4. The van der Waals surface area contributed by atoms with Crippen LogP contribution in [0.25, 0.3) is 0 Å². The van der Waals surface area contributed by atoms with Crippen molar-refractivity contribution in [1.82, 2.24) is 9.80 Å². The first-order valence-corrected chi connectivity index (χ1v) is 11.3. The molecule has 1 heterocycles. The molecule has 0 spiro atoms. The van der Waals surface area contributed by atoms with Gasteiger partial charge in [-0.2, -0.15) is 0 Å². The molecule has 0 amide bonds. The Balaban J connectivity index is 1.90. The summed E-state index contributed by atoms with van der Waals surface area (Å²) in [4.78, 5) is 5.18. The lowest BCUT2D eigenvalue weighted by molar-refractivity contribution is 0.0650. The van der Waals surface area contributed by atoms with Gasteiger partial charge in [-0.25, -0.2) is 0 Å². The average Bonchev–Trinajstić information content (AvgIpc) is 2.56. The van der Waals surface area contributed by atoms with Gasteiger partial charge in [0.1, 0.15) is 0 Å². The van der Waals surface area contributed by atoms with Gasteiger partial charge in [-0.1, -0.05) is 41.5 Å². The van der Waals surface area contributed by atoms with E-state index in [0.29, 0.717) is 5.41 Å². The molecule has 0 saturated carbocycles. The van der Waals surface area contributed by atoms with Crippen molar-refractivity contribution in [3.8, 4) is 0 Å². The molecular weight excluding hydrogens is 336 g/mol. The molecule has 0 aliphatic carbocycles. The molecule has 1 aliphatic heterocycles. The monoisotopic (exact) mass is 384 g/mol. The van der Waals surface area contributed by atoms with Crippen molar-refractivity contribution in [3.05, 3.63) is 0 Å². The van der Waals surface area contributed by atoms with E-state index in [9.17, 15) is 0 Å². The fourth-order valence-electron chi connectivity index (χ4n) is 3.33. The Morgan fingerprint density at radius 2 is 1.19 bits per heavy atom. The molecule has 1 fully saturated rings. The Labute approximate surface area is 170 Å². The van der Waals surface area contributed by atoms with E-state index in [1.165, 1.54) is 64.8 Å². The minimum Gasteiger partial charge on any atom is -0.381 e. The number of hydrogen-bond donors (Lipinski definition) is 0. The molecule has 0 aromatic carbocycles. The fraction of sp³-hybridized carbons (Fsp3) is 1.00. The normalized spacial score (nSPS) is 17.6. The molecule has 4 nitrogen and oxygen atoms in total. The summed E-state index contributed by atoms with van der Waals surface area (Å²) in [6, 6.07) is 0. The summed E-state index contributed by atoms with van der Waals surface area (Å²) in [5, 5.41) is 0. The number of piperazine rings is 1. The summed E-state index contributed by atoms with van der Waals surface area (Å²) in [5.74, 6) is 0. The van der Waals surface area contributed by atoms with Crippen molar-refractivity contribution in [2.75, 3.05) is 65.7 Å². The second-order valence-corrected chi connectivity index (χ2v) is 10.6. The van der Waals surface area contributed by atoms with Gasteiger partial charge in [-0.3, -0.25) is 4.90 Å². The maximum atomic E-state index is 5.82. The van der Waals surface area contributed by atoms with Gasteiger partial charge >= 0.3 is 0 Å². The topological polar surface area (TPSA) is 24.9 Å². The average molecular weight is 385 g/mol. The van der Waals surface area contributed by atoms with Crippen LogP contribution in [0.15, 0.2) is 0 Å². The lowest BCUT2D eigenvalue weighted by Gasteiger charge is -2.34. The highest BCUT2D eigenvalue weighted by atomic mass is 16.5. The van der Waals surface area contributed by atoms with Crippen molar-refractivity contribution < 1.29 is 9.47 Å². The summed E-state index contributed by atoms with van der Waals surface area (Å²) < 4.78 is 11.6. The molecule has 0 N–H and O–H groups in total. The van der Waals surface area contributed by atoms with Crippen LogP contribution in [0.1, 0.15) is 73.6 Å². The zero-order valence-electron chi connectivity index (χ0n) is 19.3. The molecular formula is C23H48N2O2. The van der Waals surface area contributed by atoms with E-state index >= 15 is 0 Å². The molecule has 0 bridgehead atoms. The van der Waals surface area contributed by atoms with E-state index in [0.717, 1.165) is 33.0 Å². The molecule has 0 aromatic rings. The molecule has 0 atom stereocenters. The second kappa shape index (κ2) is 13.1. The van der Waals surface area contributed by atoms with Crippen LogP contribution < -0.4 is 0 Å². The van der Waals surface area contributed by atoms with Gasteiger partial charge in [0, 0.05) is 45.9 Å². The summed E-state index contributed by atoms with van der Waals surface area (Å²) in [5.41, 5.74) is 0.719. The van der Waals surface area contributed by atoms with Gasteiger partial charge in [0.2, 0.25) is 0 Å². The van der Waals surface area contributed by atoms with Gasteiger partial charge in [-0.05, 0) is 49.5 Å². The quantitative estimate of drug-likeness (QED) is 0.430. The Bertz CT molecular complexity index is 352.